The van der Waals surface area contributed by atoms with Gasteiger partial charge in [0.05, 0.1) is 5.69 Å². The first-order valence-corrected chi connectivity index (χ1v) is 11.6. The Kier molecular flexibility index (Phi) is 6.64. The van der Waals surface area contributed by atoms with Gasteiger partial charge in [-0.15, -0.1) is 0 Å². The highest BCUT2D eigenvalue weighted by Crippen LogP contribution is 2.39. The molecule has 4 heterocycles. The van der Waals surface area contributed by atoms with E-state index in [0.717, 1.165) is 30.5 Å². The predicted molar refractivity (Wildman–Crippen MR) is 125 cm³/mol. The Morgan fingerprint density at radius 1 is 0.871 bits per heavy atom. The number of pyridine rings is 2. The lowest BCUT2D eigenvalue weighted by molar-refractivity contribution is 0.192. The molecule has 5 heteroatoms. The maximum absolute atomic E-state index is 14.4. The van der Waals surface area contributed by atoms with Crippen LogP contribution in [-0.4, -0.2) is 9.13 Å². The van der Waals surface area contributed by atoms with E-state index in [-0.39, 0.29) is 17.0 Å². The van der Waals surface area contributed by atoms with Crippen LogP contribution in [0.25, 0.3) is 0 Å². The molecule has 2 aromatic rings. The van der Waals surface area contributed by atoms with Crippen LogP contribution in [0.15, 0.2) is 21.7 Å². The van der Waals surface area contributed by atoms with Crippen molar-refractivity contribution in [3.63, 3.8) is 0 Å². The van der Waals surface area contributed by atoms with Gasteiger partial charge in [0.15, 0.2) is 0 Å². The summed E-state index contributed by atoms with van der Waals surface area (Å²) in [6.45, 7) is 15.2. The van der Waals surface area contributed by atoms with Crippen molar-refractivity contribution in [3.8, 4) is 0 Å². The molecular formula is C26H37FN2O2. The fourth-order valence-corrected chi connectivity index (χ4v) is 4.96. The molecule has 0 saturated heterocycles. The van der Waals surface area contributed by atoms with Crippen LogP contribution < -0.4 is 11.1 Å². The third-order valence-electron chi connectivity index (χ3n) is 6.70. The van der Waals surface area contributed by atoms with Crippen LogP contribution in [-0.2, 0) is 25.2 Å². The standard InChI is InChI=1S/C13H18FNO.C13H19NO/c1-8(2)10-7-9(3)12(16)15-6-5-13(4,14)11(10)15;1-9(2)11-8-10(3)13(15)14-7-5-4-6-12(11)14/h7-8H,5-6H2,1-4H3;8-9H,4-7H2,1-3H3. The second-order valence-corrected chi connectivity index (χ2v) is 9.99. The van der Waals surface area contributed by atoms with E-state index in [0.29, 0.717) is 30.1 Å². The maximum atomic E-state index is 14.4. The second-order valence-electron chi connectivity index (χ2n) is 9.99. The van der Waals surface area contributed by atoms with E-state index in [9.17, 15) is 14.0 Å². The van der Waals surface area contributed by atoms with Gasteiger partial charge in [-0.3, -0.25) is 9.59 Å². The number of fused-ring (bicyclic) bond motifs is 2. The Balaban J connectivity index is 0.000000176. The average molecular weight is 429 g/mol. The smallest absolute Gasteiger partial charge is 0.253 e. The van der Waals surface area contributed by atoms with Gasteiger partial charge in [0, 0.05) is 36.3 Å². The first kappa shape index (κ1) is 23.5. The van der Waals surface area contributed by atoms with E-state index in [2.05, 4.69) is 19.9 Å². The Hall–Kier alpha value is -2.17. The third-order valence-corrected chi connectivity index (χ3v) is 6.70. The van der Waals surface area contributed by atoms with Crippen molar-refractivity contribution in [1.82, 2.24) is 9.13 Å². The number of halogens is 1. The maximum Gasteiger partial charge on any atom is 0.253 e. The summed E-state index contributed by atoms with van der Waals surface area (Å²) in [5.74, 6) is 0.761. The highest BCUT2D eigenvalue weighted by molar-refractivity contribution is 5.34. The summed E-state index contributed by atoms with van der Waals surface area (Å²) in [5, 5.41) is 0. The van der Waals surface area contributed by atoms with Gasteiger partial charge >= 0.3 is 0 Å². The summed E-state index contributed by atoms with van der Waals surface area (Å²) in [7, 11) is 0. The summed E-state index contributed by atoms with van der Waals surface area (Å²) in [4.78, 5) is 23.9. The first-order valence-electron chi connectivity index (χ1n) is 11.6. The van der Waals surface area contributed by atoms with Crippen LogP contribution in [0.4, 0.5) is 4.39 Å². The fourth-order valence-electron chi connectivity index (χ4n) is 4.96. The lowest BCUT2D eigenvalue weighted by Crippen LogP contribution is -2.30. The molecule has 0 saturated carbocycles. The molecule has 0 radical (unpaired) electrons. The minimum atomic E-state index is -1.35. The summed E-state index contributed by atoms with van der Waals surface area (Å²) < 4.78 is 18.0. The van der Waals surface area contributed by atoms with E-state index < -0.39 is 5.67 Å². The molecule has 0 N–H and O–H groups in total. The summed E-state index contributed by atoms with van der Waals surface area (Å²) >= 11 is 0. The summed E-state index contributed by atoms with van der Waals surface area (Å²) in [6.07, 6.45) is 3.85. The van der Waals surface area contributed by atoms with Gasteiger partial charge in [0.25, 0.3) is 11.1 Å². The van der Waals surface area contributed by atoms with Crippen molar-refractivity contribution >= 4 is 0 Å². The van der Waals surface area contributed by atoms with Crippen molar-refractivity contribution in [2.75, 3.05) is 0 Å². The molecule has 0 aliphatic carbocycles. The Labute approximate surface area is 185 Å². The SMILES string of the molecule is Cc1cc(C(C)C)c2n(c1=O)CCC2(C)F.Cc1cc(C(C)C)c2n(c1=O)CCCC2. The predicted octanol–water partition coefficient (Wildman–Crippen LogP) is 5.48. The van der Waals surface area contributed by atoms with Gasteiger partial charge in [-0.25, -0.2) is 4.39 Å². The number of nitrogens with zero attached hydrogens (tertiary/aromatic N) is 2. The third kappa shape index (κ3) is 4.42. The first-order chi connectivity index (χ1) is 14.5. The molecule has 31 heavy (non-hydrogen) atoms. The monoisotopic (exact) mass is 428 g/mol. The number of aryl methyl sites for hydroxylation is 2. The molecule has 0 amide bonds. The Morgan fingerprint density at radius 2 is 1.42 bits per heavy atom. The molecule has 0 fully saturated rings. The van der Waals surface area contributed by atoms with Crippen LogP contribution in [0.2, 0.25) is 0 Å². The number of hydrogen-bond donors (Lipinski definition) is 0. The van der Waals surface area contributed by atoms with E-state index in [1.54, 1.807) is 18.4 Å². The molecule has 4 rings (SSSR count). The number of hydrogen-bond acceptors (Lipinski definition) is 2. The highest BCUT2D eigenvalue weighted by Gasteiger charge is 2.38. The molecule has 2 aliphatic heterocycles. The van der Waals surface area contributed by atoms with Gasteiger partial charge in [-0.2, -0.15) is 0 Å². The Morgan fingerprint density at radius 3 is 2.00 bits per heavy atom. The number of alkyl halides is 1. The zero-order valence-corrected chi connectivity index (χ0v) is 20.1. The van der Waals surface area contributed by atoms with Crippen molar-refractivity contribution < 1.29 is 4.39 Å². The van der Waals surface area contributed by atoms with Gasteiger partial charge in [-0.05, 0) is 75.1 Å². The van der Waals surface area contributed by atoms with Crippen LogP contribution >= 0.6 is 0 Å². The highest BCUT2D eigenvalue weighted by atomic mass is 19.1. The van der Waals surface area contributed by atoms with E-state index in [1.807, 2.05) is 31.4 Å². The molecule has 1 atom stereocenters. The van der Waals surface area contributed by atoms with Gasteiger partial charge in [0.2, 0.25) is 0 Å². The molecule has 170 valence electrons. The van der Waals surface area contributed by atoms with E-state index in [4.69, 9.17) is 0 Å². The topological polar surface area (TPSA) is 44.0 Å². The van der Waals surface area contributed by atoms with Crippen LogP contribution in [0, 0.1) is 13.8 Å². The minimum Gasteiger partial charge on any atom is -0.312 e. The summed E-state index contributed by atoms with van der Waals surface area (Å²) in [6, 6.07) is 3.94. The normalized spacial score (nSPS) is 19.8. The molecule has 0 aromatic carbocycles. The number of aromatic nitrogens is 2. The number of rotatable bonds is 2. The molecule has 4 nitrogen and oxygen atoms in total. The van der Waals surface area contributed by atoms with Gasteiger partial charge < -0.3 is 9.13 Å². The van der Waals surface area contributed by atoms with Crippen LogP contribution in [0.5, 0.6) is 0 Å². The molecule has 0 bridgehead atoms. The van der Waals surface area contributed by atoms with Crippen molar-refractivity contribution in [3.05, 3.63) is 66.5 Å². The molecule has 0 spiro atoms. The van der Waals surface area contributed by atoms with Crippen molar-refractivity contribution in [2.24, 2.45) is 0 Å². The lowest BCUT2D eigenvalue weighted by atomic mass is 9.92. The fraction of sp³-hybridized carbons (Fsp3) is 0.615. The second kappa shape index (κ2) is 8.76. The lowest BCUT2D eigenvalue weighted by Gasteiger charge is -2.23. The minimum absolute atomic E-state index is 0.0409. The zero-order chi connectivity index (χ0) is 23.1. The summed E-state index contributed by atoms with van der Waals surface area (Å²) in [5.41, 5.74) is 4.65. The zero-order valence-electron chi connectivity index (χ0n) is 20.1. The van der Waals surface area contributed by atoms with Gasteiger partial charge in [0.1, 0.15) is 5.67 Å². The molecule has 2 aromatic heterocycles. The van der Waals surface area contributed by atoms with E-state index >= 15 is 0 Å². The average Bonchev–Trinajstić information content (AvgIpc) is 3.03. The van der Waals surface area contributed by atoms with Crippen LogP contribution in [0.1, 0.15) is 99.4 Å². The molecule has 1 unspecified atom stereocenters. The van der Waals surface area contributed by atoms with E-state index in [1.165, 1.54) is 17.7 Å². The molecular weight excluding hydrogens is 391 g/mol. The van der Waals surface area contributed by atoms with Crippen LogP contribution in [0.3, 0.4) is 0 Å². The van der Waals surface area contributed by atoms with Crippen molar-refractivity contribution in [2.45, 2.75) is 105 Å². The van der Waals surface area contributed by atoms with Gasteiger partial charge in [-0.1, -0.05) is 27.7 Å². The van der Waals surface area contributed by atoms with Crippen molar-refractivity contribution in [1.29, 1.82) is 0 Å². The molecule has 2 aliphatic rings. The Bertz CT molecular complexity index is 1090. The largest absolute Gasteiger partial charge is 0.312 e. The quantitative estimate of drug-likeness (QED) is 0.635.